The summed E-state index contributed by atoms with van der Waals surface area (Å²) in [5.41, 5.74) is 3.96. The number of amides is 3. The van der Waals surface area contributed by atoms with Gasteiger partial charge < -0.3 is 20.7 Å². The number of urea groups is 1. The van der Waals surface area contributed by atoms with Crippen molar-refractivity contribution in [2.45, 2.75) is 32.0 Å². The molecule has 1 heterocycles. The molecule has 0 saturated carbocycles. The number of nitrogens with one attached hydrogen (secondary N) is 1. The van der Waals surface area contributed by atoms with Crippen LogP contribution in [0.4, 0.5) is 23.7 Å². The van der Waals surface area contributed by atoms with E-state index in [0.717, 1.165) is 12.1 Å². The molecule has 3 amide bonds. The lowest BCUT2D eigenvalue weighted by Crippen LogP contribution is -2.44. The van der Waals surface area contributed by atoms with E-state index in [2.05, 4.69) is 5.32 Å². The van der Waals surface area contributed by atoms with Crippen molar-refractivity contribution >= 4 is 35.2 Å². The molecule has 11 heteroatoms. The van der Waals surface area contributed by atoms with Crippen LogP contribution in [0.3, 0.4) is 0 Å². The highest BCUT2D eigenvalue weighted by Crippen LogP contribution is 2.34. The molecule has 3 N–H and O–H groups in total. The number of primary amides is 1. The van der Waals surface area contributed by atoms with E-state index in [0.29, 0.717) is 32.0 Å². The standard InChI is InChI=1S/C17H19ClF3N3O4/c1-9(28-15(26)10-4-6-24(7-5-10)16(22)27)14(25)23-13-8-11(17(19,20)21)2-3-12(13)18/h2-3,8-10H,4-7H2,1H3,(H2,22,27)(H,23,25)/t9-/m0/s1. The second-order valence-electron chi connectivity index (χ2n) is 6.36. The van der Waals surface area contributed by atoms with Crippen LogP contribution < -0.4 is 11.1 Å². The van der Waals surface area contributed by atoms with Gasteiger partial charge in [0.2, 0.25) is 0 Å². The fourth-order valence-electron chi connectivity index (χ4n) is 2.69. The SMILES string of the molecule is C[C@H](OC(=O)C1CCN(C(N)=O)CC1)C(=O)Nc1cc(C(F)(F)F)ccc1Cl. The third-order valence-electron chi connectivity index (χ3n) is 4.35. The molecule has 28 heavy (non-hydrogen) atoms. The van der Waals surface area contributed by atoms with Gasteiger partial charge in [-0.3, -0.25) is 9.59 Å². The van der Waals surface area contributed by atoms with Crippen molar-refractivity contribution in [1.29, 1.82) is 0 Å². The van der Waals surface area contributed by atoms with Crippen molar-refractivity contribution in [2.75, 3.05) is 18.4 Å². The van der Waals surface area contributed by atoms with Crippen LogP contribution in [0.1, 0.15) is 25.3 Å². The minimum Gasteiger partial charge on any atom is -0.452 e. The lowest BCUT2D eigenvalue weighted by Gasteiger charge is -2.30. The third kappa shape index (κ3) is 5.51. The van der Waals surface area contributed by atoms with Crippen molar-refractivity contribution in [3.05, 3.63) is 28.8 Å². The molecule has 1 aliphatic heterocycles. The summed E-state index contributed by atoms with van der Waals surface area (Å²) >= 11 is 5.83. The zero-order valence-corrected chi connectivity index (χ0v) is 15.6. The van der Waals surface area contributed by atoms with Gasteiger partial charge in [0.15, 0.2) is 6.10 Å². The van der Waals surface area contributed by atoms with Gasteiger partial charge in [-0.2, -0.15) is 13.2 Å². The molecule has 1 saturated heterocycles. The van der Waals surface area contributed by atoms with Crippen molar-refractivity contribution < 1.29 is 32.3 Å². The number of benzene rings is 1. The number of ether oxygens (including phenoxy) is 1. The summed E-state index contributed by atoms with van der Waals surface area (Å²) in [6.07, 6.45) is -5.15. The lowest BCUT2D eigenvalue weighted by molar-refractivity contribution is -0.158. The first-order valence-electron chi connectivity index (χ1n) is 8.41. The van der Waals surface area contributed by atoms with E-state index in [4.69, 9.17) is 22.1 Å². The number of rotatable bonds is 4. The molecule has 7 nitrogen and oxygen atoms in total. The summed E-state index contributed by atoms with van der Waals surface area (Å²) in [5, 5.41) is 2.15. The molecule has 1 fully saturated rings. The number of alkyl halides is 3. The molecule has 1 aromatic carbocycles. The summed E-state index contributed by atoms with van der Waals surface area (Å²) in [6.45, 7) is 1.90. The molecule has 1 aromatic rings. The van der Waals surface area contributed by atoms with Crippen molar-refractivity contribution in [2.24, 2.45) is 11.7 Å². The fourth-order valence-corrected chi connectivity index (χ4v) is 2.86. The van der Waals surface area contributed by atoms with Crippen LogP contribution >= 0.6 is 11.6 Å². The molecule has 0 spiro atoms. The maximum absolute atomic E-state index is 12.8. The van der Waals surface area contributed by atoms with Crippen LogP contribution in [-0.2, 0) is 20.5 Å². The van der Waals surface area contributed by atoms with Crippen LogP contribution in [0, 0.1) is 5.92 Å². The number of hydrogen-bond acceptors (Lipinski definition) is 4. The van der Waals surface area contributed by atoms with Gasteiger partial charge in [-0.05, 0) is 38.0 Å². The number of nitrogens with zero attached hydrogens (tertiary/aromatic N) is 1. The van der Waals surface area contributed by atoms with Crippen LogP contribution in [-0.4, -0.2) is 42.0 Å². The van der Waals surface area contributed by atoms with E-state index in [1.807, 2.05) is 0 Å². The molecular formula is C17H19ClF3N3O4. The van der Waals surface area contributed by atoms with Crippen LogP contribution in [0.25, 0.3) is 0 Å². The number of hydrogen-bond donors (Lipinski definition) is 2. The quantitative estimate of drug-likeness (QED) is 0.729. The Labute approximate surface area is 163 Å². The summed E-state index contributed by atoms with van der Waals surface area (Å²) < 4.78 is 43.5. The Morgan fingerprint density at radius 2 is 1.89 bits per heavy atom. The largest absolute Gasteiger partial charge is 0.452 e. The Morgan fingerprint density at radius 3 is 2.43 bits per heavy atom. The van der Waals surface area contributed by atoms with Gasteiger partial charge >= 0.3 is 18.2 Å². The van der Waals surface area contributed by atoms with E-state index in [-0.39, 0.29) is 10.7 Å². The van der Waals surface area contributed by atoms with Crippen LogP contribution in [0.5, 0.6) is 0 Å². The number of carbonyl (C=O) groups is 3. The summed E-state index contributed by atoms with van der Waals surface area (Å²) in [6, 6.07) is 1.94. The highest BCUT2D eigenvalue weighted by atomic mass is 35.5. The van der Waals surface area contributed by atoms with E-state index in [9.17, 15) is 27.6 Å². The highest BCUT2D eigenvalue weighted by molar-refractivity contribution is 6.33. The fraction of sp³-hybridized carbons (Fsp3) is 0.471. The van der Waals surface area contributed by atoms with Gasteiger partial charge in [-0.15, -0.1) is 0 Å². The number of halogens is 4. The average Bonchev–Trinajstić information content (AvgIpc) is 2.62. The highest BCUT2D eigenvalue weighted by Gasteiger charge is 2.32. The average molecular weight is 422 g/mol. The Bertz CT molecular complexity index is 765. The number of carbonyl (C=O) groups excluding carboxylic acids is 3. The minimum atomic E-state index is -4.60. The van der Waals surface area contributed by atoms with Gasteiger partial charge in [-0.25, -0.2) is 4.79 Å². The molecule has 0 aliphatic carbocycles. The zero-order valence-electron chi connectivity index (χ0n) is 14.9. The molecule has 1 atom stereocenters. The van der Waals surface area contributed by atoms with E-state index < -0.39 is 41.7 Å². The smallest absolute Gasteiger partial charge is 0.416 e. The monoisotopic (exact) mass is 421 g/mol. The molecule has 154 valence electrons. The minimum absolute atomic E-state index is 0.0845. The maximum Gasteiger partial charge on any atom is 0.416 e. The molecule has 1 aliphatic rings. The topological polar surface area (TPSA) is 102 Å². The first kappa shape index (κ1) is 21.8. The summed E-state index contributed by atoms with van der Waals surface area (Å²) in [7, 11) is 0. The van der Waals surface area contributed by atoms with Crippen molar-refractivity contribution in [1.82, 2.24) is 4.90 Å². The Kier molecular flexibility index (Phi) is 6.76. The van der Waals surface area contributed by atoms with E-state index in [1.165, 1.54) is 11.8 Å². The normalized spacial score (nSPS) is 16.4. The zero-order chi connectivity index (χ0) is 21.1. The second-order valence-corrected chi connectivity index (χ2v) is 6.77. The number of esters is 1. The molecule has 0 aromatic heterocycles. The van der Waals surface area contributed by atoms with Gasteiger partial charge in [0.25, 0.3) is 5.91 Å². The van der Waals surface area contributed by atoms with Gasteiger partial charge in [0.1, 0.15) is 0 Å². The number of likely N-dealkylation sites (tertiary alicyclic amines) is 1. The molecule has 2 rings (SSSR count). The first-order valence-corrected chi connectivity index (χ1v) is 8.79. The van der Waals surface area contributed by atoms with Crippen LogP contribution in [0.15, 0.2) is 18.2 Å². The number of piperidine rings is 1. The van der Waals surface area contributed by atoms with Crippen molar-refractivity contribution in [3.8, 4) is 0 Å². The third-order valence-corrected chi connectivity index (χ3v) is 4.68. The Morgan fingerprint density at radius 1 is 1.29 bits per heavy atom. The predicted octanol–water partition coefficient (Wildman–Crippen LogP) is 3.02. The molecular weight excluding hydrogens is 403 g/mol. The Hall–Kier alpha value is -2.49. The number of nitrogens with two attached hydrogens (primary N) is 1. The summed E-state index contributed by atoms with van der Waals surface area (Å²) in [4.78, 5) is 36.9. The van der Waals surface area contributed by atoms with Crippen LogP contribution in [0.2, 0.25) is 5.02 Å². The van der Waals surface area contributed by atoms with E-state index >= 15 is 0 Å². The number of anilines is 1. The van der Waals surface area contributed by atoms with Gasteiger partial charge in [-0.1, -0.05) is 11.6 Å². The first-order chi connectivity index (χ1) is 13.0. The Balaban J connectivity index is 1.94. The van der Waals surface area contributed by atoms with Crippen molar-refractivity contribution in [3.63, 3.8) is 0 Å². The van der Waals surface area contributed by atoms with E-state index in [1.54, 1.807) is 0 Å². The molecule has 0 bridgehead atoms. The molecule has 0 unspecified atom stereocenters. The summed E-state index contributed by atoms with van der Waals surface area (Å²) in [5.74, 6) is -1.94. The van der Waals surface area contributed by atoms with Gasteiger partial charge in [0, 0.05) is 13.1 Å². The van der Waals surface area contributed by atoms with Gasteiger partial charge in [0.05, 0.1) is 22.2 Å². The lowest BCUT2D eigenvalue weighted by atomic mass is 9.97. The molecule has 0 radical (unpaired) electrons. The predicted molar refractivity (Wildman–Crippen MR) is 94.5 cm³/mol. The maximum atomic E-state index is 12.8. The second kappa shape index (κ2) is 8.68.